The van der Waals surface area contributed by atoms with Gasteiger partial charge in [0.2, 0.25) is 0 Å². The Balaban J connectivity index is 1.39. The fraction of sp³-hybridized carbons (Fsp3) is 0.214. The van der Waals surface area contributed by atoms with E-state index in [1.54, 1.807) is 43.5 Å². The zero-order valence-corrected chi connectivity index (χ0v) is 22.2. The minimum atomic E-state index is -0.697. The number of nitrogens with zero attached hydrogens (tertiary/aromatic N) is 2. The number of anilines is 1. The van der Waals surface area contributed by atoms with Crippen molar-refractivity contribution in [3.8, 4) is 5.75 Å². The van der Waals surface area contributed by atoms with Crippen LogP contribution in [-0.2, 0) is 7.05 Å². The first-order chi connectivity index (χ1) is 18.2. The molecule has 2 heterocycles. The minimum Gasteiger partial charge on any atom is -0.422 e. The van der Waals surface area contributed by atoms with E-state index in [0.717, 1.165) is 15.4 Å². The van der Waals surface area contributed by atoms with Crippen molar-refractivity contribution in [2.75, 3.05) is 5.32 Å². The number of fused-ring (bicyclic) bond motifs is 1. The maximum atomic E-state index is 15.2. The topological polar surface area (TPSA) is 102 Å². The Morgan fingerprint density at radius 1 is 1.16 bits per heavy atom. The van der Waals surface area contributed by atoms with Crippen LogP contribution < -0.4 is 15.4 Å². The summed E-state index contributed by atoms with van der Waals surface area (Å²) in [5, 5.41) is 6.28. The Labute approximate surface area is 226 Å². The Bertz CT molecular complexity index is 1570. The van der Waals surface area contributed by atoms with Crippen LogP contribution in [0.1, 0.15) is 52.0 Å². The predicted octanol–water partition coefficient (Wildman–Crippen LogP) is 5.96. The van der Waals surface area contributed by atoms with Crippen LogP contribution >= 0.6 is 15.9 Å². The van der Waals surface area contributed by atoms with E-state index in [-0.39, 0.29) is 34.6 Å². The second-order valence-electron chi connectivity index (χ2n) is 9.11. The number of benzene rings is 2. The highest BCUT2D eigenvalue weighted by atomic mass is 79.9. The molecule has 0 saturated heterocycles. The molecule has 194 valence electrons. The monoisotopic (exact) mass is 578 g/mol. The minimum absolute atomic E-state index is 0.0979. The summed E-state index contributed by atoms with van der Waals surface area (Å²) < 4.78 is 23.6. The molecular weight excluding hydrogens is 555 g/mol. The number of carbonyl (C=O) groups is 3. The summed E-state index contributed by atoms with van der Waals surface area (Å²) in [6.45, 7) is 1.68. The van der Waals surface area contributed by atoms with E-state index in [2.05, 4.69) is 31.5 Å². The molecule has 2 N–H and O–H groups in total. The van der Waals surface area contributed by atoms with Gasteiger partial charge in [0.1, 0.15) is 17.4 Å². The number of pyridine rings is 1. The lowest BCUT2D eigenvalue weighted by Gasteiger charge is -2.16. The molecule has 0 aliphatic heterocycles. The van der Waals surface area contributed by atoms with Gasteiger partial charge in [0, 0.05) is 58.8 Å². The number of amides is 2. The van der Waals surface area contributed by atoms with Gasteiger partial charge in [-0.3, -0.25) is 10.1 Å². The van der Waals surface area contributed by atoms with Crippen LogP contribution in [0.2, 0.25) is 0 Å². The maximum Gasteiger partial charge on any atom is 0.343 e. The average Bonchev–Trinajstić information content (AvgIpc) is 3.55. The fourth-order valence-corrected chi connectivity index (χ4v) is 4.68. The summed E-state index contributed by atoms with van der Waals surface area (Å²) in [5.41, 5.74) is 1.46. The molecule has 1 saturated carbocycles. The molecule has 2 amide bonds. The standard InChI is InChI=1S/C28H24BrFN4O4/c1-3-23(35)18-6-7-20(30)25(19-13-21(19)32-28(37)33-24-9-5-17(29)14-31-24)26(18)38-27(36)16-4-8-22-15(12-16)10-11-34(22)2/h4-12,14,19,21H,3,13H2,1-2H3,(H2,31,32,33,37)/t19-,21+/m1/s1. The molecule has 0 radical (unpaired) electrons. The van der Waals surface area contributed by atoms with Gasteiger partial charge in [0.15, 0.2) is 5.78 Å². The second kappa shape index (κ2) is 10.4. The first-order valence-corrected chi connectivity index (χ1v) is 12.9. The quantitative estimate of drug-likeness (QED) is 0.160. The van der Waals surface area contributed by atoms with E-state index >= 15 is 4.39 Å². The van der Waals surface area contributed by atoms with E-state index in [4.69, 9.17) is 4.74 Å². The Hall–Kier alpha value is -4.05. The summed E-state index contributed by atoms with van der Waals surface area (Å²) in [5.74, 6) is -1.80. The molecule has 4 aromatic rings. The number of rotatable bonds is 7. The highest BCUT2D eigenvalue weighted by Crippen LogP contribution is 2.47. The maximum absolute atomic E-state index is 15.2. The number of halogens is 2. The molecule has 2 aromatic carbocycles. The molecule has 1 aliphatic carbocycles. The van der Waals surface area contributed by atoms with Gasteiger partial charge in [-0.15, -0.1) is 0 Å². The first kappa shape index (κ1) is 25.6. The van der Waals surface area contributed by atoms with Crippen LogP contribution in [0.25, 0.3) is 10.9 Å². The van der Waals surface area contributed by atoms with E-state index < -0.39 is 29.8 Å². The average molecular weight is 579 g/mol. The first-order valence-electron chi connectivity index (χ1n) is 12.1. The van der Waals surface area contributed by atoms with Crippen LogP contribution in [0.4, 0.5) is 15.0 Å². The molecule has 0 spiro atoms. The molecule has 38 heavy (non-hydrogen) atoms. The fourth-order valence-electron chi connectivity index (χ4n) is 4.45. The van der Waals surface area contributed by atoms with Gasteiger partial charge in [-0.1, -0.05) is 6.92 Å². The summed E-state index contributed by atoms with van der Waals surface area (Å²) in [4.78, 5) is 42.5. The lowest BCUT2D eigenvalue weighted by molar-refractivity contribution is 0.0730. The van der Waals surface area contributed by atoms with Gasteiger partial charge >= 0.3 is 12.0 Å². The third-order valence-corrected chi connectivity index (χ3v) is 7.00. The number of ketones is 1. The van der Waals surface area contributed by atoms with Crippen molar-refractivity contribution in [3.63, 3.8) is 0 Å². The van der Waals surface area contributed by atoms with Gasteiger partial charge in [-0.05, 0) is 70.9 Å². The molecule has 2 atom stereocenters. The van der Waals surface area contributed by atoms with Crippen LogP contribution in [0.3, 0.4) is 0 Å². The SMILES string of the molecule is CCC(=O)c1ccc(F)c([C@@H]2C[C@@H]2NC(=O)Nc2ccc(Br)cn2)c1OC(=O)c1ccc2c(ccn2C)c1. The van der Waals surface area contributed by atoms with Gasteiger partial charge in [0.05, 0.1) is 11.1 Å². The normalized spacial score (nSPS) is 16.2. The van der Waals surface area contributed by atoms with Crippen molar-refractivity contribution in [3.05, 3.63) is 87.9 Å². The van der Waals surface area contributed by atoms with E-state index in [1.807, 2.05) is 23.9 Å². The Morgan fingerprint density at radius 2 is 1.97 bits per heavy atom. The third kappa shape index (κ3) is 5.17. The van der Waals surface area contributed by atoms with Gasteiger partial charge in [-0.25, -0.2) is 19.0 Å². The molecular formula is C28H24BrFN4O4. The van der Waals surface area contributed by atoms with Crippen LogP contribution in [0.5, 0.6) is 5.75 Å². The smallest absolute Gasteiger partial charge is 0.343 e. The van der Waals surface area contributed by atoms with Crippen LogP contribution in [-0.4, -0.2) is 33.4 Å². The van der Waals surface area contributed by atoms with Crippen LogP contribution in [0, 0.1) is 5.82 Å². The number of hydrogen-bond donors (Lipinski definition) is 2. The highest BCUT2D eigenvalue weighted by Gasteiger charge is 2.44. The van der Waals surface area contributed by atoms with Gasteiger partial charge in [-0.2, -0.15) is 0 Å². The molecule has 10 heteroatoms. The Morgan fingerprint density at radius 3 is 2.71 bits per heavy atom. The molecule has 0 unspecified atom stereocenters. The van der Waals surface area contributed by atoms with E-state index in [1.165, 1.54) is 12.1 Å². The highest BCUT2D eigenvalue weighted by molar-refractivity contribution is 9.10. The zero-order valence-electron chi connectivity index (χ0n) is 20.6. The number of Topliss-reactive ketones (excluding diaryl/α,β-unsaturated/α-hetero) is 1. The van der Waals surface area contributed by atoms with E-state index in [9.17, 15) is 14.4 Å². The number of ether oxygens (including phenoxy) is 1. The summed E-state index contributed by atoms with van der Waals surface area (Å²) in [7, 11) is 1.90. The van der Waals surface area contributed by atoms with Gasteiger partial charge < -0.3 is 14.6 Å². The van der Waals surface area contributed by atoms with Crippen molar-refractivity contribution in [2.24, 2.45) is 7.05 Å². The molecule has 1 fully saturated rings. The molecule has 0 bridgehead atoms. The number of esters is 1. The van der Waals surface area contributed by atoms with Crippen molar-refractivity contribution in [1.29, 1.82) is 0 Å². The largest absolute Gasteiger partial charge is 0.422 e. The summed E-state index contributed by atoms with van der Waals surface area (Å²) in [6.07, 6.45) is 4.01. The number of hydrogen-bond acceptors (Lipinski definition) is 5. The van der Waals surface area contributed by atoms with Gasteiger partial charge in [0.25, 0.3) is 0 Å². The Kier molecular flexibility index (Phi) is 6.98. The number of aryl methyl sites for hydroxylation is 1. The number of urea groups is 1. The van der Waals surface area contributed by atoms with Crippen molar-refractivity contribution >= 4 is 50.4 Å². The van der Waals surface area contributed by atoms with Crippen molar-refractivity contribution in [1.82, 2.24) is 14.9 Å². The third-order valence-electron chi connectivity index (χ3n) is 6.53. The van der Waals surface area contributed by atoms with Crippen molar-refractivity contribution < 1.29 is 23.5 Å². The number of carbonyl (C=O) groups excluding carboxylic acids is 3. The molecule has 1 aliphatic rings. The van der Waals surface area contributed by atoms with E-state index in [0.29, 0.717) is 12.2 Å². The zero-order chi connectivity index (χ0) is 27.0. The molecule has 2 aromatic heterocycles. The van der Waals surface area contributed by atoms with Crippen molar-refractivity contribution in [2.45, 2.75) is 31.7 Å². The summed E-state index contributed by atoms with van der Waals surface area (Å²) in [6, 6.07) is 12.0. The molecule has 8 nitrogen and oxygen atoms in total. The number of aromatic nitrogens is 2. The number of nitrogens with one attached hydrogen (secondary N) is 2. The lowest BCUT2D eigenvalue weighted by atomic mass is 9.99. The predicted molar refractivity (Wildman–Crippen MR) is 144 cm³/mol. The molecule has 5 rings (SSSR count). The summed E-state index contributed by atoms with van der Waals surface area (Å²) >= 11 is 3.29. The second-order valence-corrected chi connectivity index (χ2v) is 10.0. The lowest BCUT2D eigenvalue weighted by Crippen LogP contribution is -2.31. The van der Waals surface area contributed by atoms with Crippen LogP contribution in [0.15, 0.2) is 65.4 Å².